The van der Waals surface area contributed by atoms with Gasteiger partial charge in [0.2, 0.25) is 0 Å². The smallest absolute Gasteiger partial charge is 0.278 e. The zero-order valence-electron chi connectivity index (χ0n) is 21.3. The Morgan fingerprint density at radius 3 is 2.38 bits per heavy atom. The first-order chi connectivity index (χ1) is 19.2. The standard InChI is InChI=1S/C32H23N5O2.ClH/c38-31(23-9-2-1-3-10-23)35-26-13-4-11-24(19-26)25-12-5-14-27(20-25)37-30-28(15-7-17-34-30)36-29(32(37)39)18-22-8-6-16-33-21-22;/h1-17,19-21H,18H2,(H,35,38);1H. The molecule has 0 saturated heterocycles. The van der Waals surface area contributed by atoms with Crippen LogP contribution < -0.4 is 10.9 Å². The highest BCUT2D eigenvalue weighted by molar-refractivity contribution is 6.04. The minimum Gasteiger partial charge on any atom is -0.322 e. The van der Waals surface area contributed by atoms with E-state index < -0.39 is 0 Å². The molecular formula is C32H24ClN5O2. The van der Waals surface area contributed by atoms with Crippen molar-refractivity contribution in [2.24, 2.45) is 0 Å². The molecule has 3 aromatic carbocycles. The van der Waals surface area contributed by atoms with Crippen molar-refractivity contribution in [2.45, 2.75) is 6.42 Å². The second-order valence-corrected chi connectivity index (χ2v) is 9.03. The van der Waals surface area contributed by atoms with Gasteiger partial charge in [0.05, 0.1) is 5.69 Å². The van der Waals surface area contributed by atoms with Gasteiger partial charge in [-0.2, -0.15) is 0 Å². The van der Waals surface area contributed by atoms with Gasteiger partial charge in [-0.3, -0.25) is 19.1 Å². The highest BCUT2D eigenvalue weighted by Gasteiger charge is 2.15. The molecule has 8 heteroatoms. The number of hydrogen-bond acceptors (Lipinski definition) is 5. The quantitative estimate of drug-likeness (QED) is 0.273. The van der Waals surface area contributed by atoms with Crippen LogP contribution in [0.1, 0.15) is 21.6 Å². The summed E-state index contributed by atoms with van der Waals surface area (Å²) in [5.74, 6) is -0.177. The number of hydrogen-bond donors (Lipinski definition) is 1. The van der Waals surface area contributed by atoms with E-state index in [2.05, 4.69) is 20.3 Å². The summed E-state index contributed by atoms with van der Waals surface area (Å²) in [6.07, 6.45) is 5.46. The number of nitrogens with zero attached hydrogens (tertiary/aromatic N) is 4. The predicted molar refractivity (Wildman–Crippen MR) is 159 cm³/mol. The third-order valence-electron chi connectivity index (χ3n) is 6.37. The number of aromatic nitrogens is 4. The van der Waals surface area contributed by atoms with E-state index in [4.69, 9.17) is 0 Å². The summed E-state index contributed by atoms with van der Waals surface area (Å²) in [5.41, 5.74) is 5.94. The fraction of sp³-hybridized carbons (Fsp3) is 0.0312. The Kier molecular flexibility index (Phi) is 7.75. The van der Waals surface area contributed by atoms with E-state index in [1.54, 1.807) is 35.3 Å². The van der Waals surface area contributed by atoms with Crippen molar-refractivity contribution in [3.8, 4) is 16.8 Å². The average molecular weight is 546 g/mol. The number of halogens is 1. The summed E-state index contributed by atoms with van der Waals surface area (Å²) in [7, 11) is 0. The molecule has 0 aliphatic rings. The Bertz CT molecular complexity index is 1860. The van der Waals surface area contributed by atoms with Crippen LogP contribution in [0.5, 0.6) is 0 Å². The minimum absolute atomic E-state index is 0. The largest absolute Gasteiger partial charge is 0.322 e. The van der Waals surface area contributed by atoms with Crippen LogP contribution in [-0.2, 0) is 6.42 Å². The molecule has 7 nitrogen and oxygen atoms in total. The molecule has 0 radical (unpaired) electrons. The van der Waals surface area contributed by atoms with Gasteiger partial charge in [-0.25, -0.2) is 9.97 Å². The van der Waals surface area contributed by atoms with Gasteiger partial charge in [0.1, 0.15) is 11.2 Å². The number of pyridine rings is 2. The van der Waals surface area contributed by atoms with Crippen molar-refractivity contribution >= 4 is 35.2 Å². The molecule has 1 amide bonds. The van der Waals surface area contributed by atoms with E-state index in [0.717, 1.165) is 16.7 Å². The fourth-order valence-electron chi connectivity index (χ4n) is 4.51. The van der Waals surface area contributed by atoms with Crippen molar-refractivity contribution in [1.29, 1.82) is 0 Å². The summed E-state index contributed by atoms with van der Waals surface area (Å²) in [6, 6.07) is 31.9. The molecule has 3 aromatic heterocycles. The normalized spacial score (nSPS) is 10.6. The Morgan fingerprint density at radius 2 is 1.57 bits per heavy atom. The SMILES string of the molecule is Cl.O=C(Nc1cccc(-c2cccc(-n3c(=O)c(Cc4cccnc4)nc4cccnc43)c2)c1)c1ccccc1. The van der Waals surface area contributed by atoms with Crippen LogP contribution in [0, 0.1) is 0 Å². The van der Waals surface area contributed by atoms with Crippen molar-refractivity contribution in [3.63, 3.8) is 0 Å². The first kappa shape index (κ1) is 26.5. The van der Waals surface area contributed by atoms with Gasteiger partial charge in [0, 0.05) is 36.3 Å². The molecule has 0 unspecified atom stereocenters. The van der Waals surface area contributed by atoms with Crippen LogP contribution in [0.4, 0.5) is 5.69 Å². The monoisotopic (exact) mass is 545 g/mol. The Hall–Kier alpha value is -5.14. The molecule has 3 heterocycles. The molecule has 0 bridgehead atoms. The van der Waals surface area contributed by atoms with Crippen LogP contribution in [-0.4, -0.2) is 25.4 Å². The number of carbonyl (C=O) groups excluding carboxylic acids is 1. The van der Waals surface area contributed by atoms with E-state index in [0.29, 0.717) is 40.2 Å². The van der Waals surface area contributed by atoms with Crippen LogP contribution in [0.3, 0.4) is 0 Å². The van der Waals surface area contributed by atoms with Crippen LogP contribution in [0.2, 0.25) is 0 Å². The molecule has 0 atom stereocenters. The third-order valence-corrected chi connectivity index (χ3v) is 6.37. The van der Waals surface area contributed by atoms with Crippen LogP contribution >= 0.6 is 12.4 Å². The van der Waals surface area contributed by atoms with Crippen molar-refractivity contribution in [3.05, 3.63) is 149 Å². The second kappa shape index (κ2) is 11.7. The maximum Gasteiger partial charge on any atom is 0.278 e. The van der Waals surface area contributed by atoms with Gasteiger partial charge in [-0.15, -0.1) is 12.4 Å². The van der Waals surface area contributed by atoms with E-state index in [-0.39, 0.29) is 23.9 Å². The lowest BCUT2D eigenvalue weighted by atomic mass is 10.0. The molecule has 6 rings (SSSR count). The van der Waals surface area contributed by atoms with Crippen LogP contribution in [0.15, 0.2) is 127 Å². The molecular weight excluding hydrogens is 522 g/mol. The summed E-state index contributed by atoms with van der Waals surface area (Å²) < 4.78 is 1.61. The third kappa shape index (κ3) is 5.50. The van der Waals surface area contributed by atoms with E-state index >= 15 is 0 Å². The predicted octanol–water partition coefficient (Wildman–Crippen LogP) is 6.11. The number of fused-ring (bicyclic) bond motifs is 1. The minimum atomic E-state index is -0.230. The van der Waals surface area contributed by atoms with Gasteiger partial charge in [-0.05, 0) is 71.3 Å². The first-order valence-corrected chi connectivity index (χ1v) is 12.5. The van der Waals surface area contributed by atoms with Gasteiger partial charge < -0.3 is 5.32 Å². The van der Waals surface area contributed by atoms with E-state index in [1.165, 1.54) is 0 Å². The van der Waals surface area contributed by atoms with Crippen molar-refractivity contribution in [1.82, 2.24) is 19.5 Å². The van der Waals surface area contributed by atoms with Gasteiger partial charge in [-0.1, -0.05) is 48.5 Å². The maximum absolute atomic E-state index is 13.7. The fourth-order valence-corrected chi connectivity index (χ4v) is 4.51. The first-order valence-electron chi connectivity index (χ1n) is 12.5. The van der Waals surface area contributed by atoms with Crippen LogP contribution in [0.25, 0.3) is 28.0 Å². The lowest BCUT2D eigenvalue weighted by molar-refractivity contribution is 0.102. The number of amides is 1. The Labute approximate surface area is 236 Å². The van der Waals surface area contributed by atoms with E-state index in [1.807, 2.05) is 91.0 Å². The lowest BCUT2D eigenvalue weighted by Gasteiger charge is -2.13. The number of nitrogens with one attached hydrogen (secondary N) is 1. The number of benzene rings is 3. The highest BCUT2D eigenvalue weighted by Crippen LogP contribution is 2.26. The zero-order chi connectivity index (χ0) is 26.6. The molecule has 196 valence electrons. The van der Waals surface area contributed by atoms with E-state index in [9.17, 15) is 9.59 Å². The van der Waals surface area contributed by atoms with Gasteiger partial charge >= 0.3 is 0 Å². The zero-order valence-corrected chi connectivity index (χ0v) is 22.1. The molecule has 0 spiro atoms. The lowest BCUT2D eigenvalue weighted by Crippen LogP contribution is -2.25. The summed E-state index contributed by atoms with van der Waals surface area (Å²) in [4.78, 5) is 39.7. The number of carbonyl (C=O) groups is 1. The number of anilines is 1. The van der Waals surface area contributed by atoms with Crippen molar-refractivity contribution in [2.75, 3.05) is 5.32 Å². The highest BCUT2D eigenvalue weighted by atomic mass is 35.5. The topological polar surface area (TPSA) is 89.8 Å². The molecule has 0 fully saturated rings. The average Bonchev–Trinajstić information content (AvgIpc) is 2.99. The summed E-state index contributed by atoms with van der Waals surface area (Å²) >= 11 is 0. The molecule has 40 heavy (non-hydrogen) atoms. The van der Waals surface area contributed by atoms with Gasteiger partial charge in [0.15, 0.2) is 5.65 Å². The molecule has 6 aromatic rings. The second-order valence-electron chi connectivity index (χ2n) is 9.03. The summed E-state index contributed by atoms with van der Waals surface area (Å²) in [6.45, 7) is 0. The Balaban J connectivity index is 0.00000323. The van der Waals surface area contributed by atoms with Gasteiger partial charge in [0.25, 0.3) is 11.5 Å². The molecule has 1 N–H and O–H groups in total. The Morgan fingerprint density at radius 1 is 0.800 bits per heavy atom. The summed E-state index contributed by atoms with van der Waals surface area (Å²) in [5, 5.41) is 2.96. The maximum atomic E-state index is 13.7. The number of rotatable bonds is 6. The van der Waals surface area contributed by atoms with Crippen molar-refractivity contribution < 1.29 is 4.79 Å². The molecule has 0 saturated carbocycles. The molecule has 0 aliphatic carbocycles. The molecule has 0 aliphatic heterocycles.